The van der Waals surface area contributed by atoms with Gasteiger partial charge in [0, 0.05) is 30.9 Å². The zero-order valence-electron chi connectivity index (χ0n) is 9.13. The van der Waals surface area contributed by atoms with Crippen LogP contribution < -0.4 is 10.6 Å². The molecule has 0 fully saturated rings. The highest BCUT2D eigenvalue weighted by Crippen LogP contribution is 2.21. The van der Waals surface area contributed by atoms with Crippen LogP contribution in [0.1, 0.15) is 10.6 Å². The van der Waals surface area contributed by atoms with Gasteiger partial charge in [-0.05, 0) is 12.1 Å². The molecule has 0 saturated heterocycles. The van der Waals surface area contributed by atoms with Crippen LogP contribution in [0, 0.1) is 0 Å². The van der Waals surface area contributed by atoms with Crippen molar-refractivity contribution in [2.24, 2.45) is 5.73 Å². The first-order chi connectivity index (χ1) is 7.79. The summed E-state index contributed by atoms with van der Waals surface area (Å²) in [6, 6.07) is 5.91. The fraction of sp³-hybridized carbons (Fsp3) is 0.273. The van der Waals surface area contributed by atoms with E-state index in [4.69, 9.17) is 5.73 Å². The molecule has 0 atom stereocenters. The summed E-state index contributed by atoms with van der Waals surface area (Å²) in [6.07, 6.45) is 3.63. The molecule has 0 bridgehead atoms. The number of rotatable bonds is 4. The van der Waals surface area contributed by atoms with E-state index in [9.17, 15) is 0 Å². The first-order valence-corrected chi connectivity index (χ1v) is 5.87. The van der Waals surface area contributed by atoms with Crippen molar-refractivity contribution in [2.75, 3.05) is 11.9 Å². The van der Waals surface area contributed by atoms with Crippen LogP contribution in [0.25, 0.3) is 0 Å². The van der Waals surface area contributed by atoms with Crippen LogP contribution in [-0.2, 0) is 13.1 Å². The minimum atomic E-state index is 0.551. The van der Waals surface area contributed by atoms with E-state index in [1.54, 1.807) is 17.5 Å². The second-order valence-electron chi connectivity index (χ2n) is 3.49. The van der Waals surface area contributed by atoms with Gasteiger partial charge < -0.3 is 10.6 Å². The summed E-state index contributed by atoms with van der Waals surface area (Å²) in [5, 5.41) is 0.978. The van der Waals surface area contributed by atoms with Crippen LogP contribution in [0.2, 0.25) is 0 Å². The number of nitrogens with zero attached hydrogens (tertiary/aromatic N) is 3. The number of hydrogen-bond acceptors (Lipinski definition) is 5. The molecule has 4 nitrogen and oxygen atoms in total. The second kappa shape index (κ2) is 5.05. The highest BCUT2D eigenvalue weighted by Gasteiger charge is 2.07. The van der Waals surface area contributed by atoms with Gasteiger partial charge in [0.1, 0.15) is 0 Å². The van der Waals surface area contributed by atoms with Gasteiger partial charge in [-0.25, -0.2) is 4.98 Å². The first kappa shape index (κ1) is 11.0. The highest BCUT2D eigenvalue weighted by atomic mass is 32.1. The van der Waals surface area contributed by atoms with E-state index in [0.717, 1.165) is 22.2 Å². The summed E-state index contributed by atoms with van der Waals surface area (Å²) in [5.41, 5.74) is 6.59. The molecule has 2 N–H and O–H groups in total. The monoisotopic (exact) mass is 234 g/mol. The number of aromatic nitrogens is 2. The van der Waals surface area contributed by atoms with Crippen LogP contribution in [-0.4, -0.2) is 17.0 Å². The lowest BCUT2D eigenvalue weighted by Gasteiger charge is -2.14. The normalized spacial score (nSPS) is 10.4. The van der Waals surface area contributed by atoms with Gasteiger partial charge in [0.25, 0.3) is 0 Å². The molecule has 0 unspecified atom stereocenters. The van der Waals surface area contributed by atoms with Crippen LogP contribution in [0.5, 0.6) is 0 Å². The summed E-state index contributed by atoms with van der Waals surface area (Å²) < 4.78 is 0. The molecule has 5 heteroatoms. The third kappa shape index (κ3) is 2.56. The molecule has 84 valence electrons. The average Bonchev–Trinajstić information content (AvgIpc) is 2.79. The molecular formula is C11H14N4S. The maximum Gasteiger partial charge on any atom is 0.185 e. The van der Waals surface area contributed by atoms with Crippen LogP contribution in [0.4, 0.5) is 5.13 Å². The molecule has 0 saturated carbocycles. The molecule has 0 aromatic carbocycles. The zero-order valence-corrected chi connectivity index (χ0v) is 9.94. The van der Waals surface area contributed by atoms with E-state index in [2.05, 4.69) is 14.9 Å². The molecule has 2 aromatic heterocycles. The van der Waals surface area contributed by atoms with Crippen molar-refractivity contribution in [1.29, 1.82) is 0 Å². The molecule has 0 aliphatic carbocycles. The van der Waals surface area contributed by atoms with E-state index in [0.29, 0.717) is 6.54 Å². The van der Waals surface area contributed by atoms with Gasteiger partial charge in [-0.2, -0.15) is 0 Å². The number of anilines is 1. The van der Waals surface area contributed by atoms with Gasteiger partial charge in [-0.3, -0.25) is 4.98 Å². The highest BCUT2D eigenvalue weighted by molar-refractivity contribution is 7.15. The lowest BCUT2D eigenvalue weighted by Crippen LogP contribution is -2.16. The van der Waals surface area contributed by atoms with Crippen molar-refractivity contribution in [1.82, 2.24) is 9.97 Å². The Bertz CT molecular complexity index is 440. The third-order valence-corrected chi connectivity index (χ3v) is 3.33. The zero-order chi connectivity index (χ0) is 11.4. The summed E-state index contributed by atoms with van der Waals surface area (Å²) in [7, 11) is 2.01. The molecule has 0 radical (unpaired) electrons. The smallest absolute Gasteiger partial charge is 0.185 e. The molecule has 2 aromatic rings. The van der Waals surface area contributed by atoms with E-state index in [1.165, 1.54) is 0 Å². The van der Waals surface area contributed by atoms with Crippen molar-refractivity contribution in [2.45, 2.75) is 13.1 Å². The number of thiazole rings is 1. The fourth-order valence-electron chi connectivity index (χ4n) is 1.37. The van der Waals surface area contributed by atoms with Gasteiger partial charge in [0.2, 0.25) is 0 Å². The van der Waals surface area contributed by atoms with Crippen molar-refractivity contribution in [3.63, 3.8) is 0 Å². The molecule has 2 rings (SSSR count). The number of pyridine rings is 1. The van der Waals surface area contributed by atoms with Gasteiger partial charge >= 0.3 is 0 Å². The fourth-order valence-corrected chi connectivity index (χ4v) is 2.12. The summed E-state index contributed by atoms with van der Waals surface area (Å²) >= 11 is 1.62. The maximum absolute atomic E-state index is 5.56. The van der Waals surface area contributed by atoms with Crippen molar-refractivity contribution < 1.29 is 0 Å². The topological polar surface area (TPSA) is 55.0 Å². The Balaban J connectivity index is 2.05. The number of hydrogen-bond donors (Lipinski definition) is 1. The summed E-state index contributed by atoms with van der Waals surface area (Å²) in [5.74, 6) is 0. The van der Waals surface area contributed by atoms with Crippen LogP contribution in [0.3, 0.4) is 0 Å². The van der Waals surface area contributed by atoms with Gasteiger partial charge in [-0.15, -0.1) is 11.3 Å². The minimum absolute atomic E-state index is 0.551. The van der Waals surface area contributed by atoms with E-state index in [1.807, 2.05) is 31.4 Å². The maximum atomic E-state index is 5.56. The summed E-state index contributed by atoms with van der Waals surface area (Å²) in [6.45, 7) is 1.31. The quantitative estimate of drug-likeness (QED) is 0.873. The van der Waals surface area contributed by atoms with E-state index in [-0.39, 0.29) is 0 Å². The van der Waals surface area contributed by atoms with Crippen LogP contribution in [0.15, 0.2) is 30.6 Å². The molecule has 2 heterocycles. The Morgan fingerprint density at radius 2 is 2.25 bits per heavy atom. The SMILES string of the molecule is CN(Cc1ccccn1)c1ncc(CN)s1. The predicted molar refractivity (Wildman–Crippen MR) is 66.3 cm³/mol. The van der Waals surface area contributed by atoms with Gasteiger partial charge in [0.15, 0.2) is 5.13 Å². The molecule has 0 spiro atoms. The van der Waals surface area contributed by atoms with Crippen molar-refractivity contribution >= 4 is 16.5 Å². The van der Waals surface area contributed by atoms with Crippen LogP contribution >= 0.6 is 11.3 Å². The Kier molecular flexibility index (Phi) is 3.48. The minimum Gasteiger partial charge on any atom is -0.345 e. The van der Waals surface area contributed by atoms with Gasteiger partial charge in [0.05, 0.1) is 12.2 Å². The Morgan fingerprint density at radius 3 is 2.88 bits per heavy atom. The molecule has 0 amide bonds. The van der Waals surface area contributed by atoms with E-state index < -0.39 is 0 Å². The molecule has 0 aliphatic rings. The lowest BCUT2D eigenvalue weighted by molar-refractivity contribution is 0.879. The third-order valence-electron chi connectivity index (χ3n) is 2.19. The standard InChI is InChI=1S/C11H14N4S/c1-15(8-9-4-2-3-5-13-9)11-14-7-10(6-12)16-11/h2-5,7H,6,8,12H2,1H3. The van der Waals surface area contributed by atoms with Crippen molar-refractivity contribution in [3.8, 4) is 0 Å². The largest absolute Gasteiger partial charge is 0.345 e. The number of nitrogens with two attached hydrogens (primary N) is 1. The second-order valence-corrected chi connectivity index (χ2v) is 4.58. The molecule has 16 heavy (non-hydrogen) atoms. The van der Waals surface area contributed by atoms with E-state index >= 15 is 0 Å². The Labute approximate surface area is 98.8 Å². The Hall–Kier alpha value is -1.46. The molecule has 0 aliphatic heterocycles. The predicted octanol–water partition coefficient (Wildman–Crippen LogP) is 1.63. The first-order valence-electron chi connectivity index (χ1n) is 5.05. The van der Waals surface area contributed by atoms with Gasteiger partial charge in [-0.1, -0.05) is 6.07 Å². The van der Waals surface area contributed by atoms with Crippen molar-refractivity contribution in [3.05, 3.63) is 41.2 Å². The summed E-state index contributed by atoms with van der Waals surface area (Å²) in [4.78, 5) is 11.8. The Morgan fingerprint density at radius 1 is 1.38 bits per heavy atom. The lowest BCUT2D eigenvalue weighted by atomic mass is 10.3. The average molecular weight is 234 g/mol. The molecular weight excluding hydrogens is 220 g/mol.